The Morgan fingerprint density at radius 1 is 1.16 bits per heavy atom. The average molecular weight is 342 g/mol. The fourth-order valence-electron chi connectivity index (χ4n) is 2.15. The zero-order valence-corrected chi connectivity index (χ0v) is 13.0. The van der Waals surface area contributed by atoms with Crippen LogP contribution in [0.1, 0.15) is 22.6 Å². The summed E-state index contributed by atoms with van der Waals surface area (Å²) in [5.41, 5.74) is 3.34. The second kappa shape index (κ2) is 6.53. The Morgan fingerprint density at radius 3 is 2.42 bits per heavy atom. The number of alkyl halides is 1. The Balaban J connectivity index is 2.21. The number of benzene rings is 2. The molecule has 19 heavy (non-hydrogen) atoms. The van der Waals surface area contributed by atoms with E-state index in [0.717, 1.165) is 22.0 Å². The third kappa shape index (κ3) is 3.80. The van der Waals surface area contributed by atoms with Crippen LogP contribution in [0.25, 0.3) is 0 Å². The van der Waals surface area contributed by atoms with Gasteiger partial charge in [-0.1, -0.05) is 34.1 Å². The van der Waals surface area contributed by atoms with E-state index in [0.29, 0.717) is 5.88 Å². The SMILES string of the molecule is Cc1cc(F)ccc1CC(CCl)c1ccc(Br)cc1. The highest BCUT2D eigenvalue weighted by atomic mass is 79.9. The van der Waals surface area contributed by atoms with Crippen LogP contribution >= 0.6 is 27.5 Å². The second-order valence-corrected chi connectivity index (χ2v) is 5.90. The van der Waals surface area contributed by atoms with E-state index in [1.807, 2.05) is 25.1 Å². The van der Waals surface area contributed by atoms with Gasteiger partial charge in [0.05, 0.1) is 0 Å². The summed E-state index contributed by atoms with van der Waals surface area (Å²) < 4.78 is 14.2. The van der Waals surface area contributed by atoms with E-state index >= 15 is 0 Å². The quantitative estimate of drug-likeness (QED) is 0.648. The molecule has 3 heteroatoms. The van der Waals surface area contributed by atoms with E-state index in [-0.39, 0.29) is 11.7 Å². The number of aryl methyl sites for hydroxylation is 1. The van der Waals surface area contributed by atoms with Gasteiger partial charge in [-0.15, -0.1) is 11.6 Å². The lowest BCUT2D eigenvalue weighted by molar-refractivity contribution is 0.624. The van der Waals surface area contributed by atoms with Gasteiger partial charge in [0.2, 0.25) is 0 Å². The van der Waals surface area contributed by atoms with Gasteiger partial charge in [0, 0.05) is 16.3 Å². The summed E-state index contributed by atoms with van der Waals surface area (Å²) in [6, 6.07) is 13.1. The summed E-state index contributed by atoms with van der Waals surface area (Å²) in [5.74, 6) is 0.615. The predicted molar refractivity (Wildman–Crippen MR) is 82.4 cm³/mol. The lowest BCUT2D eigenvalue weighted by Crippen LogP contribution is -2.06. The molecule has 0 aliphatic rings. The van der Waals surface area contributed by atoms with Crippen LogP contribution in [0.3, 0.4) is 0 Å². The zero-order chi connectivity index (χ0) is 13.8. The number of hydrogen-bond donors (Lipinski definition) is 0. The normalized spacial score (nSPS) is 12.4. The Morgan fingerprint density at radius 2 is 1.84 bits per heavy atom. The molecule has 100 valence electrons. The van der Waals surface area contributed by atoms with Gasteiger partial charge in [-0.3, -0.25) is 0 Å². The fourth-order valence-corrected chi connectivity index (χ4v) is 2.70. The molecule has 0 aromatic heterocycles. The Bertz CT molecular complexity index is 551. The van der Waals surface area contributed by atoms with Crippen LogP contribution in [0.5, 0.6) is 0 Å². The molecule has 0 nitrogen and oxygen atoms in total. The van der Waals surface area contributed by atoms with E-state index in [9.17, 15) is 4.39 Å². The van der Waals surface area contributed by atoms with Crippen molar-refractivity contribution < 1.29 is 4.39 Å². The first kappa shape index (κ1) is 14.5. The molecule has 0 spiro atoms. The smallest absolute Gasteiger partial charge is 0.123 e. The second-order valence-electron chi connectivity index (χ2n) is 4.68. The molecule has 0 saturated carbocycles. The summed E-state index contributed by atoms with van der Waals surface area (Å²) in [5, 5.41) is 0. The molecule has 2 aromatic rings. The summed E-state index contributed by atoms with van der Waals surface area (Å²) in [6.45, 7) is 1.94. The molecule has 2 rings (SSSR count). The minimum atomic E-state index is -0.188. The first-order chi connectivity index (χ1) is 9.10. The zero-order valence-electron chi connectivity index (χ0n) is 10.7. The van der Waals surface area contributed by atoms with Gasteiger partial charge < -0.3 is 0 Å². The van der Waals surface area contributed by atoms with E-state index < -0.39 is 0 Å². The molecule has 1 unspecified atom stereocenters. The van der Waals surface area contributed by atoms with Crippen molar-refractivity contribution in [3.8, 4) is 0 Å². The van der Waals surface area contributed by atoms with Crippen molar-refractivity contribution in [1.29, 1.82) is 0 Å². The highest BCUT2D eigenvalue weighted by Gasteiger charge is 2.13. The lowest BCUT2D eigenvalue weighted by atomic mass is 9.91. The van der Waals surface area contributed by atoms with Crippen molar-refractivity contribution in [1.82, 2.24) is 0 Å². The Kier molecular flexibility index (Phi) is 5.00. The Hall–Kier alpha value is -0.860. The van der Waals surface area contributed by atoms with Gasteiger partial charge in [0.15, 0.2) is 0 Å². The first-order valence-electron chi connectivity index (χ1n) is 6.16. The molecule has 0 bridgehead atoms. The van der Waals surface area contributed by atoms with Crippen molar-refractivity contribution in [2.45, 2.75) is 19.3 Å². The maximum Gasteiger partial charge on any atom is 0.123 e. The van der Waals surface area contributed by atoms with Crippen LogP contribution in [0.4, 0.5) is 4.39 Å². The van der Waals surface area contributed by atoms with E-state index in [4.69, 9.17) is 11.6 Å². The van der Waals surface area contributed by atoms with Crippen LogP contribution < -0.4 is 0 Å². The summed E-state index contributed by atoms with van der Waals surface area (Å²) in [6.07, 6.45) is 0.831. The molecule has 1 atom stereocenters. The van der Waals surface area contributed by atoms with E-state index in [1.165, 1.54) is 11.6 Å². The number of rotatable bonds is 4. The van der Waals surface area contributed by atoms with Crippen LogP contribution in [0.15, 0.2) is 46.9 Å². The minimum absolute atomic E-state index is 0.188. The maximum atomic E-state index is 13.1. The monoisotopic (exact) mass is 340 g/mol. The molecule has 0 aliphatic heterocycles. The van der Waals surface area contributed by atoms with Crippen LogP contribution in [0.2, 0.25) is 0 Å². The van der Waals surface area contributed by atoms with E-state index in [2.05, 4.69) is 28.1 Å². The minimum Gasteiger partial charge on any atom is -0.207 e. The molecule has 0 N–H and O–H groups in total. The van der Waals surface area contributed by atoms with Gasteiger partial charge in [0.1, 0.15) is 5.82 Å². The molecule has 0 saturated heterocycles. The van der Waals surface area contributed by atoms with Crippen LogP contribution in [-0.4, -0.2) is 5.88 Å². The average Bonchev–Trinajstić information content (AvgIpc) is 2.39. The van der Waals surface area contributed by atoms with Crippen molar-refractivity contribution in [3.63, 3.8) is 0 Å². The molecule has 0 fully saturated rings. The number of hydrogen-bond acceptors (Lipinski definition) is 0. The molecule has 2 aromatic carbocycles. The molecule has 0 radical (unpaired) electrons. The van der Waals surface area contributed by atoms with Gasteiger partial charge >= 0.3 is 0 Å². The maximum absolute atomic E-state index is 13.1. The number of halogens is 3. The summed E-state index contributed by atoms with van der Waals surface area (Å²) in [4.78, 5) is 0. The highest BCUT2D eigenvalue weighted by Crippen LogP contribution is 2.25. The van der Waals surface area contributed by atoms with Gasteiger partial charge in [-0.25, -0.2) is 4.39 Å². The van der Waals surface area contributed by atoms with Crippen molar-refractivity contribution in [3.05, 3.63) is 69.4 Å². The van der Waals surface area contributed by atoms with Crippen molar-refractivity contribution >= 4 is 27.5 Å². The van der Waals surface area contributed by atoms with Crippen molar-refractivity contribution in [2.24, 2.45) is 0 Å². The van der Waals surface area contributed by atoms with Gasteiger partial charge in [0.25, 0.3) is 0 Å². The van der Waals surface area contributed by atoms with Crippen LogP contribution in [0, 0.1) is 12.7 Å². The first-order valence-corrected chi connectivity index (χ1v) is 7.49. The largest absolute Gasteiger partial charge is 0.207 e. The molecule has 0 heterocycles. The lowest BCUT2D eigenvalue weighted by Gasteiger charge is -2.16. The van der Waals surface area contributed by atoms with E-state index in [1.54, 1.807) is 6.07 Å². The standard InChI is InChI=1S/C16H15BrClF/c1-11-8-16(19)7-4-13(11)9-14(10-18)12-2-5-15(17)6-3-12/h2-8,14H,9-10H2,1H3. The molecule has 0 aliphatic carbocycles. The van der Waals surface area contributed by atoms with Crippen LogP contribution in [-0.2, 0) is 6.42 Å². The molecule has 0 amide bonds. The fraction of sp³-hybridized carbons (Fsp3) is 0.250. The predicted octanol–water partition coefficient (Wildman–Crippen LogP) is 5.46. The highest BCUT2D eigenvalue weighted by molar-refractivity contribution is 9.10. The third-order valence-corrected chi connectivity index (χ3v) is 4.20. The van der Waals surface area contributed by atoms with Gasteiger partial charge in [-0.05, 0) is 54.3 Å². The Labute approximate surface area is 126 Å². The van der Waals surface area contributed by atoms with Crippen molar-refractivity contribution in [2.75, 3.05) is 5.88 Å². The van der Waals surface area contributed by atoms with Gasteiger partial charge in [-0.2, -0.15) is 0 Å². The summed E-state index contributed by atoms with van der Waals surface area (Å²) in [7, 11) is 0. The topological polar surface area (TPSA) is 0 Å². The molecular weight excluding hydrogens is 327 g/mol. The third-order valence-electron chi connectivity index (χ3n) is 3.30. The summed E-state index contributed by atoms with van der Waals surface area (Å²) >= 11 is 9.52. The molecular formula is C16H15BrClF.